The SMILES string of the molecule is O=C(O)CC1(Nc2ccccc2)CCCOC1. The van der Waals surface area contributed by atoms with Gasteiger partial charge in [0.2, 0.25) is 0 Å². The molecule has 0 amide bonds. The number of carboxylic acid groups (broad SMARTS) is 1. The number of nitrogens with one attached hydrogen (secondary N) is 1. The minimum absolute atomic E-state index is 0.0852. The first kappa shape index (κ1) is 11.9. The van der Waals surface area contributed by atoms with E-state index in [4.69, 9.17) is 9.84 Å². The first-order valence-electron chi connectivity index (χ1n) is 5.83. The Morgan fingerprint density at radius 3 is 2.76 bits per heavy atom. The molecule has 0 radical (unpaired) electrons. The van der Waals surface area contributed by atoms with Gasteiger partial charge in [0.15, 0.2) is 0 Å². The Labute approximate surface area is 101 Å². The van der Waals surface area contributed by atoms with E-state index >= 15 is 0 Å². The zero-order chi connectivity index (χ0) is 12.1. The quantitative estimate of drug-likeness (QED) is 0.839. The highest BCUT2D eigenvalue weighted by Crippen LogP contribution is 2.27. The fourth-order valence-corrected chi connectivity index (χ4v) is 2.25. The Hall–Kier alpha value is -1.55. The van der Waals surface area contributed by atoms with Crippen LogP contribution in [0.5, 0.6) is 0 Å². The van der Waals surface area contributed by atoms with E-state index in [2.05, 4.69) is 5.32 Å². The van der Waals surface area contributed by atoms with Gasteiger partial charge < -0.3 is 15.2 Å². The average molecular weight is 235 g/mol. The van der Waals surface area contributed by atoms with Crippen LogP contribution in [0.1, 0.15) is 19.3 Å². The van der Waals surface area contributed by atoms with Crippen molar-refractivity contribution in [2.75, 3.05) is 18.5 Å². The number of benzene rings is 1. The van der Waals surface area contributed by atoms with Crippen LogP contribution in [-0.2, 0) is 9.53 Å². The van der Waals surface area contributed by atoms with Crippen LogP contribution < -0.4 is 5.32 Å². The fraction of sp³-hybridized carbons (Fsp3) is 0.462. The number of carboxylic acids is 1. The molecule has 0 spiro atoms. The summed E-state index contributed by atoms with van der Waals surface area (Å²) >= 11 is 0. The molecule has 4 heteroatoms. The molecule has 1 saturated heterocycles. The maximum Gasteiger partial charge on any atom is 0.305 e. The van der Waals surface area contributed by atoms with E-state index in [9.17, 15) is 4.79 Å². The molecule has 1 aromatic rings. The van der Waals surface area contributed by atoms with Crippen LogP contribution in [0, 0.1) is 0 Å². The summed E-state index contributed by atoms with van der Waals surface area (Å²) in [6, 6.07) is 9.68. The average Bonchev–Trinajstić information content (AvgIpc) is 2.30. The van der Waals surface area contributed by atoms with Crippen molar-refractivity contribution in [3.8, 4) is 0 Å². The second kappa shape index (κ2) is 5.19. The number of anilines is 1. The molecule has 1 heterocycles. The van der Waals surface area contributed by atoms with Crippen LogP contribution in [-0.4, -0.2) is 29.8 Å². The van der Waals surface area contributed by atoms with Gasteiger partial charge in [0.25, 0.3) is 0 Å². The van der Waals surface area contributed by atoms with Gasteiger partial charge >= 0.3 is 5.97 Å². The van der Waals surface area contributed by atoms with Crippen LogP contribution in [0.2, 0.25) is 0 Å². The smallest absolute Gasteiger partial charge is 0.305 e. The molecule has 2 rings (SSSR count). The number of aliphatic carboxylic acids is 1. The topological polar surface area (TPSA) is 58.6 Å². The molecule has 2 N–H and O–H groups in total. The molecule has 1 aliphatic heterocycles. The molecule has 0 bridgehead atoms. The first-order chi connectivity index (χ1) is 8.20. The van der Waals surface area contributed by atoms with E-state index in [0.29, 0.717) is 6.61 Å². The van der Waals surface area contributed by atoms with E-state index in [0.717, 1.165) is 25.1 Å². The standard InChI is InChI=1S/C13H17NO3/c15-12(16)9-13(7-4-8-17-10-13)14-11-5-2-1-3-6-11/h1-3,5-6,14H,4,7-10H2,(H,15,16). The van der Waals surface area contributed by atoms with Crippen LogP contribution >= 0.6 is 0 Å². The minimum atomic E-state index is -0.793. The van der Waals surface area contributed by atoms with Gasteiger partial charge in [0.05, 0.1) is 18.6 Å². The summed E-state index contributed by atoms with van der Waals surface area (Å²) in [5, 5.41) is 12.3. The molecule has 0 saturated carbocycles. The number of rotatable bonds is 4. The number of hydrogen-bond donors (Lipinski definition) is 2. The third kappa shape index (κ3) is 3.20. The van der Waals surface area contributed by atoms with Crippen molar-refractivity contribution >= 4 is 11.7 Å². The minimum Gasteiger partial charge on any atom is -0.481 e. The highest BCUT2D eigenvalue weighted by Gasteiger charge is 2.35. The third-order valence-corrected chi connectivity index (χ3v) is 3.00. The summed E-state index contributed by atoms with van der Waals surface area (Å²) in [5.41, 5.74) is 0.477. The maximum absolute atomic E-state index is 11.0. The van der Waals surface area contributed by atoms with Gasteiger partial charge in [0.1, 0.15) is 0 Å². The molecule has 0 aromatic heterocycles. The second-order valence-electron chi connectivity index (χ2n) is 4.50. The highest BCUT2D eigenvalue weighted by atomic mass is 16.5. The molecule has 17 heavy (non-hydrogen) atoms. The predicted molar refractivity (Wildman–Crippen MR) is 65.1 cm³/mol. The zero-order valence-electron chi connectivity index (χ0n) is 9.69. The summed E-state index contributed by atoms with van der Waals surface area (Å²) in [6.07, 6.45) is 1.81. The summed E-state index contributed by atoms with van der Waals surface area (Å²) in [5.74, 6) is -0.793. The van der Waals surface area contributed by atoms with Gasteiger partial charge in [-0.3, -0.25) is 4.79 Å². The Bertz CT molecular complexity index is 372. The molecule has 0 aliphatic carbocycles. The van der Waals surface area contributed by atoms with Gasteiger partial charge in [0, 0.05) is 12.3 Å². The van der Waals surface area contributed by atoms with Gasteiger partial charge in [-0.1, -0.05) is 18.2 Å². The van der Waals surface area contributed by atoms with Crippen molar-refractivity contribution in [1.82, 2.24) is 0 Å². The second-order valence-corrected chi connectivity index (χ2v) is 4.50. The van der Waals surface area contributed by atoms with Crippen LogP contribution in [0.4, 0.5) is 5.69 Å². The van der Waals surface area contributed by atoms with Crippen molar-refractivity contribution in [3.05, 3.63) is 30.3 Å². The molecule has 1 aromatic carbocycles. The van der Waals surface area contributed by atoms with E-state index in [1.54, 1.807) is 0 Å². The summed E-state index contributed by atoms with van der Waals surface area (Å²) in [4.78, 5) is 11.0. The molecule has 1 unspecified atom stereocenters. The van der Waals surface area contributed by atoms with Gasteiger partial charge in [-0.05, 0) is 25.0 Å². The monoisotopic (exact) mass is 235 g/mol. The zero-order valence-corrected chi connectivity index (χ0v) is 9.69. The predicted octanol–water partition coefficient (Wildman–Crippen LogP) is 2.12. The Kier molecular flexibility index (Phi) is 3.64. The number of hydrogen-bond acceptors (Lipinski definition) is 3. The van der Waals surface area contributed by atoms with Crippen LogP contribution in [0.15, 0.2) is 30.3 Å². The molecule has 4 nitrogen and oxygen atoms in total. The Morgan fingerprint density at radius 2 is 2.18 bits per heavy atom. The van der Waals surface area contributed by atoms with Crippen molar-refractivity contribution < 1.29 is 14.6 Å². The van der Waals surface area contributed by atoms with Crippen LogP contribution in [0.3, 0.4) is 0 Å². The summed E-state index contributed by atoms with van der Waals surface area (Å²) < 4.78 is 5.43. The van der Waals surface area contributed by atoms with E-state index in [1.165, 1.54) is 0 Å². The van der Waals surface area contributed by atoms with E-state index < -0.39 is 11.5 Å². The molecular weight excluding hydrogens is 218 g/mol. The Morgan fingerprint density at radius 1 is 1.41 bits per heavy atom. The molecule has 92 valence electrons. The third-order valence-electron chi connectivity index (χ3n) is 3.00. The van der Waals surface area contributed by atoms with E-state index in [1.807, 2.05) is 30.3 Å². The number of ether oxygens (including phenoxy) is 1. The normalized spacial score (nSPS) is 24.2. The molecule has 1 aliphatic rings. The van der Waals surface area contributed by atoms with Crippen molar-refractivity contribution in [2.24, 2.45) is 0 Å². The summed E-state index contributed by atoms with van der Waals surface area (Å²) in [6.45, 7) is 1.17. The van der Waals surface area contributed by atoms with E-state index in [-0.39, 0.29) is 6.42 Å². The fourth-order valence-electron chi connectivity index (χ4n) is 2.25. The lowest BCUT2D eigenvalue weighted by Gasteiger charge is -2.37. The van der Waals surface area contributed by atoms with Crippen LogP contribution in [0.25, 0.3) is 0 Å². The lowest BCUT2D eigenvalue weighted by Crippen LogP contribution is -2.47. The van der Waals surface area contributed by atoms with Crippen molar-refractivity contribution in [2.45, 2.75) is 24.8 Å². The summed E-state index contributed by atoms with van der Waals surface area (Å²) in [7, 11) is 0. The lowest BCUT2D eigenvalue weighted by atomic mass is 9.88. The number of para-hydroxylation sites is 1. The molecule has 1 fully saturated rings. The Balaban J connectivity index is 2.12. The highest BCUT2D eigenvalue weighted by molar-refractivity contribution is 5.69. The molecule has 1 atom stereocenters. The van der Waals surface area contributed by atoms with Gasteiger partial charge in [-0.15, -0.1) is 0 Å². The first-order valence-corrected chi connectivity index (χ1v) is 5.83. The molecular formula is C13H17NO3. The maximum atomic E-state index is 11.0. The van der Waals surface area contributed by atoms with Crippen molar-refractivity contribution in [3.63, 3.8) is 0 Å². The van der Waals surface area contributed by atoms with Crippen molar-refractivity contribution in [1.29, 1.82) is 0 Å². The number of carbonyl (C=O) groups is 1. The van der Waals surface area contributed by atoms with Gasteiger partial charge in [-0.2, -0.15) is 0 Å². The largest absolute Gasteiger partial charge is 0.481 e. The lowest BCUT2D eigenvalue weighted by molar-refractivity contribution is -0.139. The van der Waals surface area contributed by atoms with Gasteiger partial charge in [-0.25, -0.2) is 0 Å².